The number of likely N-dealkylation sites (tertiary alicyclic amines) is 1. The second-order valence-corrected chi connectivity index (χ2v) is 7.73. The molecular formula is C22H24N6O5. The van der Waals surface area contributed by atoms with Crippen LogP contribution in [0.5, 0.6) is 5.75 Å². The quantitative estimate of drug-likeness (QED) is 0.403. The van der Waals surface area contributed by atoms with E-state index in [9.17, 15) is 14.9 Å². The standard InChI is InChI=1S/C22H24N6O5/c1-32-19-6-5-16(28(30)31)14-18(19)24-20(29)9-13-27-11-7-15(8-12-27)22-25-21(26-33-22)17-4-2-3-10-23-17/h2-6,10,14-15H,7-9,11-13H2,1H3,(H,24,29). The summed E-state index contributed by atoms with van der Waals surface area (Å²) >= 11 is 0. The number of benzene rings is 1. The summed E-state index contributed by atoms with van der Waals surface area (Å²) in [6.07, 6.45) is 3.66. The number of nitro benzene ring substituents is 1. The number of hydrogen-bond acceptors (Lipinski definition) is 9. The topological polar surface area (TPSA) is 137 Å². The number of rotatable bonds is 8. The Balaban J connectivity index is 1.26. The van der Waals surface area contributed by atoms with Crippen LogP contribution in [-0.4, -0.2) is 57.6 Å². The van der Waals surface area contributed by atoms with E-state index in [-0.39, 0.29) is 29.6 Å². The summed E-state index contributed by atoms with van der Waals surface area (Å²) in [6.45, 7) is 2.19. The minimum absolute atomic E-state index is 0.111. The predicted octanol–water partition coefficient (Wildman–Crippen LogP) is 3.26. The summed E-state index contributed by atoms with van der Waals surface area (Å²) in [6, 6.07) is 9.65. The number of nitrogens with one attached hydrogen (secondary N) is 1. The lowest BCUT2D eigenvalue weighted by Gasteiger charge is -2.30. The molecule has 1 aliphatic rings. The Labute approximate surface area is 189 Å². The zero-order valence-corrected chi connectivity index (χ0v) is 18.1. The Morgan fingerprint density at radius 3 is 2.82 bits per heavy atom. The third kappa shape index (κ3) is 5.50. The molecule has 1 N–H and O–H groups in total. The summed E-state index contributed by atoms with van der Waals surface area (Å²) in [5.74, 6) is 1.42. The van der Waals surface area contributed by atoms with Gasteiger partial charge in [0.05, 0.1) is 17.7 Å². The molecule has 1 aromatic carbocycles. The van der Waals surface area contributed by atoms with Gasteiger partial charge in [0.1, 0.15) is 11.4 Å². The summed E-state index contributed by atoms with van der Waals surface area (Å²) < 4.78 is 10.7. The molecule has 4 rings (SSSR count). The number of nitrogens with zero attached hydrogens (tertiary/aromatic N) is 5. The van der Waals surface area contributed by atoms with E-state index in [4.69, 9.17) is 9.26 Å². The predicted molar refractivity (Wildman–Crippen MR) is 119 cm³/mol. The average molecular weight is 452 g/mol. The monoisotopic (exact) mass is 452 g/mol. The van der Waals surface area contributed by atoms with Crippen molar-refractivity contribution >= 4 is 17.3 Å². The van der Waals surface area contributed by atoms with Crippen LogP contribution in [0.1, 0.15) is 31.1 Å². The number of aromatic nitrogens is 3. The fourth-order valence-corrected chi connectivity index (χ4v) is 3.78. The van der Waals surface area contributed by atoms with Crippen molar-refractivity contribution in [3.05, 3.63) is 58.6 Å². The molecule has 1 aliphatic heterocycles. The second kappa shape index (κ2) is 10.2. The summed E-state index contributed by atoms with van der Waals surface area (Å²) in [7, 11) is 1.45. The highest BCUT2D eigenvalue weighted by atomic mass is 16.6. The fourth-order valence-electron chi connectivity index (χ4n) is 3.78. The molecule has 2 aromatic heterocycles. The van der Waals surface area contributed by atoms with Gasteiger partial charge in [-0.1, -0.05) is 11.2 Å². The molecule has 172 valence electrons. The number of piperidine rings is 1. The number of methoxy groups -OCH3 is 1. The molecule has 0 unspecified atom stereocenters. The van der Waals surface area contributed by atoms with Crippen LogP contribution in [0.3, 0.4) is 0 Å². The SMILES string of the molecule is COc1ccc([N+](=O)[O-])cc1NC(=O)CCN1CCC(c2nc(-c3ccccn3)no2)CC1. The van der Waals surface area contributed by atoms with Gasteiger partial charge in [0.25, 0.3) is 5.69 Å². The van der Waals surface area contributed by atoms with E-state index >= 15 is 0 Å². The molecule has 0 atom stereocenters. The lowest BCUT2D eigenvalue weighted by molar-refractivity contribution is -0.384. The van der Waals surface area contributed by atoms with E-state index in [0.29, 0.717) is 29.7 Å². The van der Waals surface area contributed by atoms with Crippen molar-refractivity contribution in [3.8, 4) is 17.3 Å². The highest BCUT2D eigenvalue weighted by Crippen LogP contribution is 2.30. The van der Waals surface area contributed by atoms with E-state index < -0.39 is 4.92 Å². The maximum absolute atomic E-state index is 12.4. The Kier molecular flexibility index (Phi) is 6.89. The normalized spacial score (nSPS) is 14.7. The number of carbonyl (C=O) groups excluding carboxylic acids is 1. The smallest absolute Gasteiger partial charge is 0.271 e. The van der Waals surface area contributed by atoms with Crippen molar-refractivity contribution in [1.82, 2.24) is 20.0 Å². The first-order chi connectivity index (χ1) is 16.0. The van der Waals surface area contributed by atoms with Crippen LogP contribution >= 0.6 is 0 Å². The van der Waals surface area contributed by atoms with Gasteiger partial charge < -0.3 is 19.5 Å². The molecule has 0 bridgehead atoms. The maximum Gasteiger partial charge on any atom is 0.271 e. The van der Waals surface area contributed by atoms with Gasteiger partial charge in [0, 0.05) is 37.2 Å². The van der Waals surface area contributed by atoms with Crippen LogP contribution in [-0.2, 0) is 4.79 Å². The Morgan fingerprint density at radius 1 is 1.30 bits per heavy atom. The first-order valence-electron chi connectivity index (χ1n) is 10.6. The summed E-state index contributed by atoms with van der Waals surface area (Å²) in [5.41, 5.74) is 0.854. The number of hydrogen-bond donors (Lipinski definition) is 1. The van der Waals surface area contributed by atoms with Crippen LogP contribution in [0.4, 0.5) is 11.4 Å². The zero-order valence-electron chi connectivity index (χ0n) is 18.1. The van der Waals surface area contributed by atoms with Gasteiger partial charge in [0.15, 0.2) is 0 Å². The summed E-state index contributed by atoms with van der Waals surface area (Å²) in [5, 5.41) is 17.8. The molecule has 33 heavy (non-hydrogen) atoms. The fraction of sp³-hybridized carbons (Fsp3) is 0.364. The van der Waals surface area contributed by atoms with E-state index in [1.165, 1.54) is 25.3 Å². The van der Waals surface area contributed by atoms with E-state index in [1.54, 1.807) is 6.20 Å². The van der Waals surface area contributed by atoms with Crippen LogP contribution < -0.4 is 10.1 Å². The molecule has 3 heterocycles. The van der Waals surface area contributed by atoms with Crippen LogP contribution in [0.2, 0.25) is 0 Å². The highest BCUT2D eigenvalue weighted by molar-refractivity contribution is 5.92. The zero-order chi connectivity index (χ0) is 23.2. The highest BCUT2D eigenvalue weighted by Gasteiger charge is 2.26. The Bertz CT molecular complexity index is 1110. The third-order valence-electron chi connectivity index (χ3n) is 5.60. The molecule has 11 heteroatoms. The van der Waals surface area contributed by atoms with Crippen LogP contribution in [0.25, 0.3) is 11.5 Å². The van der Waals surface area contributed by atoms with Crippen molar-refractivity contribution in [2.45, 2.75) is 25.2 Å². The molecule has 3 aromatic rings. The van der Waals surface area contributed by atoms with Crippen LogP contribution in [0.15, 0.2) is 47.1 Å². The molecule has 0 spiro atoms. The lowest BCUT2D eigenvalue weighted by atomic mass is 9.96. The molecule has 1 saturated heterocycles. The third-order valence-corrected chi connectivity index (χ3v) is 5.60. The van der Waals surface area contributed by atoms with Crippen molar-refractivity contribution in [3.63, 3.8) is 0 Å². The number of pyridine rings is 1. The first-order valence-corrected chi connectivity index (χ1v) is 10.6. The maximum atomic E-state index is 12.4. The molecule has 1 fully saturated rings. The largest absolute Gasteiger partial charge is 0.495 e. The Morgan fingerprint density at radius 2 is 2.12 bits per heavy atom. The molecular weight excluding hydrogens is 428 g/mol. The number of nitro groups is 1. The molecule has 11 nitrogen and oxygen atoms in total. The number of non-ortho nitro benzene ring substituents is 1. The Hall–Kier alpha value is -3.86. The molecule has 1 amide bonds. The van der Waals surface area contributed by atoms with Gasteiger partial charge in [-0.2, -0.15) is 4.98 Å². The van der Waals surface area contributed by atoms with Gasteiger partial charge in [-0.3, -0.25) is 19.9 Å². The summed E-state index contributed by atoms with van der Waals surface area (Å²) in [4.78, 5) is 33.9. The van der Waals surface area contributed by atoms with E-state index in [1.807, 2.05) is 18.2 Å². The van der Waals surface area contributed by atoms with Crippen LogP contribution in [0, 0.1) is 10.1 Å². The van der Waals surface area contributed by atoms with Crippen molar-refractivity contribution in [1.29, 1.82) is 0 Å². The first kappa shape index (κ1) is 22.3. The number of amides is 1. The van der Waals surface area contributed by atoms with E-state index in [0.717, 1.165) is 25.9 Å². The molecule has 0 aliphatic carbocycles. The van der Waals surface area contributed by atoms with Gasteiger partial charge in [-0.05, 0) is 44.1 Å². The second-order valence-electron chi connectivity index (χ2n) is 7.73. The van der Waals surface area contributed by atoms with Gasteiger partial charge in [-0.25, -0.2) is 0 Å². The van der Waals surface area contributed by atoms with Gasteiger partial charge >= 0.3 is 0 Å². The van der Waals surface area contributed by atoms with Gasteiger partial charge in [0.2, 0.25) is 17.6 Å². The van der Waals surface area contributed by atoms with Crippen molar-refractivity contribution in [2.24, 2.45) is 0 Å². The minimum Gasteiger partial charge on any atom is -0.495 e. The van der Waals surface area contributed by atoms with E-state index in [2.05, 4.69) is 25.3 Å². The lowest BCUT2D eigenvalue weighted by Crippen LogP contribution is -2.35. The number of anilines is 1. The molecule has 0 saturated carbocycles. The van der Waals surface area contributed by atoms with Crippen molar-refractivity contribution < 1.29 is 19.0 Å². The van der Waals surface area contributed by atoms with Crippen molar-refractivity contribution in [2.75, 3.05) is 32.1 Å². The molecule has 0 radical (unpaired) electrons. The number of ether oxygens (including phenoxy) is 1. The average Bonchev–Trinajstić information content (AvgIpc) is 3.34. The number of carbonyl (C=O) groups is 1. The minimum atomic E-state index is -0.512. The van der Waals surface area contributed by atoms with Gasteiger partial charge in [-0.15, -0.1) is 0 Å².